The Morgan fingerprint density at radius 1 is 1.37 bits per heavy atom. The summed E-state index contributed by atoms with van der Waals surface area (Å²) in [6.07, 6.45) is 1.51. The van der Waals surface area contributed by atoms with E-state index in [9.17, 15) is 8.42 Å². The standard InChI is InChI=1S/C12H16N2O3S.ClH/c13-10-3-5-14(8-10)18(15,16)11-1-2-12-9(7-11)4-6-17-12;/h1-2,7,10H,3-6,8,13H2;1H/t10-;/m0./s1. The van der Waals surface area contributed by atoms with Crippen LogP contribution < -0.4 is 10.5 Å². The highest BCUT2D eigenvalue weighted by Crippen LogP contribution is 2.29. The average Bonchev–Trinajstić information content (AvgIpc) is 2.96. The van der Waals surface area contributed by atoms with Gasteiger partial charge in [0.15, 0.2) is 0 Å². The second-order valence-corrected chi connectivity index (χ2v) is 6.72. The molecule has 2 aliphatic rings. The molecule has 2 heterocycles. The van der Waals surface area contributed by atoms with Gasteiger partial charge in [-0.1, -0.05) is 0 Å². The van der Waals surface area contributed by atoms with E-state index in [1.54, 1.807) is 18.2 Å². The number of hydrogen-bond acceptors (Lipinski definition) is 4. The molecule has 1 aromatic rings. The molecule has 1 aromatic carbocycles. The zero-order valence-electron chi connectivity index (χ0n) is 10.4. The molecular formula is C12H17ClN2O3S. The third-order valence-corrected chi connectivity index (χ3v) is 5.35. The molecule has 0 bridgehead atoms. The molecule has 0 aromatic heterocycles. The zero-order valence-corrected chi connectivity index (χ0v) is 12.0. The van der Waals surface area contributed by atoms with Gasteiger partial charge in [-0.2, -0.15) is 4.31 Å². The number of halogens is 1. The van der Waals surface area contributed by atoms with Crippen LogP contribution in [-0.2, 0) is 16.4 Å². The summed E-state index contributed by atoms with van der Waals surface area (Å²) in [5.41, 5.74) is 6.74. The number of nitrogens with zero attached hydrogens (tertiary/aromatic N) is 1. The Kier molecular flexibility index (Phi) is 4.06. The first-order valence-electron chi connectivity index (χ1n) is 6.09. The van der Waals surface area contributed by atoms with Gasteiger partial charge >= 0.3 is 0 Å². The van der Waals surface area contributed by atoms with Crippen molar-refractivity contribution in [1.82, 2.24) is 4.31 Å². The Morgan fingerprint density at radius 3 is 2.84 bits per heavy atom. The van der Waals surface area contributed by atoms with Gasteiger partial charge in [-0.25, -0.2) is 8.42 Å². The van der Waals surface area contributed by atoms with E-state index < -0.39 is 10.0 Å². The van der Waals surface area contributed by atoms with Crippen molar-refractivity contribution in [3.8, 4) is 5.75 Å². The van der Waals surface area contributed by atoms with Crippen molar-refractivity contribution in [3.05, 3.63) is 23.8 Å². The fourth-order valence-corrected chi connectivity index (χ4v) is 4.01. The van der Waals surface area contributed by atoms with Gasteiger partial charge in [0.1, 0.15) is 5.75 Å². The summed E-state index contributed by atoms with van der Waals surface area (Å²) in [5, 5.41) is 0. The molecule has 0 saturated carbocycles. The Labute approximate surface area is 119 Å². The van der Waals surface area contributed by atoms with Crippen LogP contribution in [0.1, 0.15) is 12.0 Å². The van der Waals surface area contributed by atoms with Crippen molar-refractivity contribution < 1.29 is 13.2 Å². The van der Waals surface area contributed by atoms with E-state index in [1.165, 1.54) is 4.31 Å². The highest BCUT2D eigenvalue weighted by Gasteiger charge is 2.31. The number of hydrogen-bond donors (Lipinski definition) is 1. The number of nitrogens with two attached hydrogens (primary N) is 1. The molecule has 1 fully saturated rings. The lowest BCUT2D eigenvalue weighted by Gasteiger charge is -2.16. The van der Waals surface area contributed by atoms with E-state index in [0.29, 0.717) is 24.6 Å². The van der Waals surface area contributed by atoms with E-state index in [-0.39, 0.29) is 18.4 Å². The zero-order chi connectivity index (χ0) is 12.8. The number of rotatable bonds is 2. The van der Waals surface area contributed by atoms with Gasteiger partial charge in [-0.3, -0.25) is 0 Å². The summed E-state index contributed by atoms with van der Waals surface area (Å²) in [4.78, 5) is 0.348. The fraction of sp³-hybridized carbons (Fsp3) is 0.500. The Bertz CT molecular complexity index is 576. The Hall–Kier alpha value is -0.820. The van der Waals surface area contributed by atoms with Gasteiger partial charge in [0, 0.05) is 25.6 Å². The Balaban J connectivity index is 0.00000133. The van der Waals surface area contributed by atoms with E-state index in [4.69, 9.17) is 10.5 Å². The number of benzene rings is 1. The van der Waals surface area contributed by atoms with E-state index in [0.717, 1.165) is 24.2 Å². The first-order valence-corrected chi connectivity index (χ1v) is 7.53. The van der Waals surface area contributed by atoms with Crippen LogP contribution in [-0.4, -0.2) is 38.5 Å². The van der Waals surface area contributed by atoms with Crippen LogP contribution in [0, 0.1) is 0 Å². The Morgan fingerprint density at radius 2 is 2.16 bits per heavy atom. The molecule has 2 N–H and O–H groups in total. The highest BCUT2D eigenvalue weighted by atomic mass is 35.5. The molecule has 0 spiro atoms. The topological polar surface area (TPSA) is 72.6 Å². The molecule has 0 aliphatic carbocycles. The predicted octanol–water partition coefficient (Wildman–Crippen LogP) is 0.765. The van der Waals surface area contributed by atoms with Gasteiger partial charge in [0.05, 0.1) is 11.5 Å². The third kappa shape index (κ3) is 2.58. The van der Waals surface area contributed by atoms with Crippen molar-refractivity contribution in [3.63, 3.8) is 0 Å². The summed E-state index contributed by atoms with van der Waals surface area (Å²) in [5.74, 6) is 0.798. The maximum atomic E-state index is 12.4. The molecule has 0 unspecified atom stereocenters. The van der Waals surface area contributed by atoms with Crippen LogP contribution in [0.4, 0.5) is 0 Å². The highest BCUT2D eigenvalue weighted by molar-refractivity contribution is 7.89. The summed E-state index contributed by atoms with van der Waals surface area (Å²) in [7, 11) is -3.40. The molecule has 19 heavy (non-hydrogen) atoms. The lowest BCUT2D eigenvalue weighted by atomic mass is 10.2. The van der Waals surface area contributed by atoms with Crippen LogP contribution >= 0.6 is 12.4 Å². The summed E-state index contributed by atoms with van der Waals surface area (Å²) in [6.45, 7) is 1.56. The van der Waals surface area contributed by atoms with Gasteiger partial charge in [0.2, 0.25) is 10.0 Å². The van der Waals surface area contributed by atoms with Crippen LogP contribution in [0.15, 0.2) is 23.1 Å². The minimum absolute atomic E-state index is 0. The lowest BCUT2D eigenvalue weighted by molar-refractivity contribution is 0.356. The lowest BCUT2D eigenvalue weighted by Crippen LogP contribution is -2.32. The first-order chi connectivity index (χ1) is 8.57. The van der Waals surface area contributed by atoms with Gasteiger partial charge in [-0.05, 0) is 30.2 Å². The third-order valence-electron chi connectivity index (χ3n) is 3.49. The van der Waals surface area contributed by atoms with Gasteiger partial charge < -0.3 is 10.5 Å². The molecule has 5 nitrogen and oxygen atoms in total. The fourth-order valence-electron chi connectivity index (χ4n) is 2.44. The van der Waals surface area contributed by atoms with Crippen LogP contribution in [0.2, 0.25) is 0 Å². The molecule has 0 amide bonds. The molecule has 106 valence electrons. The minimum atomic E-state index is -3.40. The van der Waals surface area contributed by atoms with E-state index >= 15 is 0 Å². The van der Waals surface area contributed by atoms with Crippen molar-refractivity contribution in [2.45, 2.75) is 23.8 Å². The monoisotopic (exact) mass is 304 g/mol. The smallest absolute Gasteiger partial charge is 0.243 e. The second kappa shape index (κ2) is 5.28. The summed E-state index contributed by atoms with van der Waals surface area (Å²) < 4.78 is 31.7. The van der Waals surface area contributed by atoms with Crippen LogP contribution in [0.3, 0.4) is 0 Å². The first kappa shape index (κ1) is 14.6. The molecule has 0 radical (unpaired) electrons. The van der Waals surface area contributed by atoms with Crippen LogP contribution in [0.25, 0.3) is 0 Å². The normalized spacial score (nSPS) is 22.7. The van der Waals surface area contributed by atoms with Crippen molar-refractivity contribution >= 4 is 22.4 Å². The van der Waals surface area contributed by atoms with Gasteiger partial charge in [-0.15, -0.1) is 12.4 Å². The maximum absolute atomic E-state index is 12.4. The molecule has 7 heteroatoms. The SMILES string of the molecule is Cl.N[C@H]1CCN(S(=O)(=O)c2ccc3c(c2)CCO3)C1. The van der Waals surface area contributed by atoms with Crippen molar-refractivity contribution in [2.75, 3.05) is 19.7 Å². The van der Waals surface area contributed by atoms with Gasteiger partial charge in [0.25, 0.3) is 0 Å². The molecule has 2 aliphatic heterocycles. The molecule has 1 atom stereocenters. The van der Waals surface area contributed by atoms with Crippen molar-refractivity contribution in [2.24, 2.45) is 5.73 Å². The number of fused-ring (bicyclic) bond motifs is 1. The molecule has 1 saturated heterocycles. The number of ether oxygens (including phenoxy) is 1. The summed E-state index contributed by atoms with van der Waals surface area (Å²) in [6, 6.07) is 5.04. The molecular weight excluding hydrogens is 288 g/mol. The van der Waals surface area contributed by atoms with E-state index in [2.05, 4.69) is 0 Å². The quantitative estimate of drug-likeness (QED) is 0.876. The molecule has 3 rings (SSSR count). The second-order valence-electron chi connectivity index (χ2n) is 4.78. The summed E-state index contributed by atoms with van der Waals surface area (Å²) >= 11 is 0. The number of sulfonamides is 1. The maximum Gasteiger partial charge on any atom is 0.243 e. The minimum Gasteiger partial charge on any atom is -0.493 e. The average molecular weight is 305 g/mol. The van der Waals surface area contributed by atoms with Crippen molar-refractivity contribution in [1.29, 1.82) is 0 Å². The van der Waals surface area contributed by atoms with E-state index in [1.807, 2.05) is 0 Å². The van der Waals surface area contributed by atoms with Crippen LogP contribution in [0.5, 0.6) is 5.75 Å². The largest absolute Gasteiger partial charge is 0.493 e. The predicted molar refractivity (Wildman–Crippen MR) is 74.2 cm³/mol.